The zero-order valence-electron chi connectivity index (χ0n) is 9.54. The molecule has 15 heavy (non-hydrogen) atoms. The van der Waals surface area contributed by atoms with Crippen molar-refractivity contribution in [3.05, 3.63) is 35.9 Å². The topological polar surface area (TPSA) is 9.23 Å². The molecule has 0 aromatic heterocycles. The minimum Gasteiger partial charge on any atom is -0.362 e. The Morgan fingerprint density at radius 1 is 1.07 bits per heavy atom. The number of aryl methyl sites for hydroxylation is 1. The van der Waals surface area contributed by atoms with Crippen molar-refractivity contribution >= 4 is 8.81 Å². The summed E-state index contributed by atoms with van der Waals surface area (Å²) in [7, 11) is 0.700. The van der Waals surface area contributed by atoms with Crippen molar-refractivity contribution in [2.24, 2.45) is 0 Å². The molecule has 0 fully saturated rings. The van der Waals surface area contributed by atoms with Gasteiger partial charge in [-0.05, 0) is 31.0 Å². The molecule has 0 saturated carbocycles. The minimum absolute atomic E-state index is 0.700. The van der Waals surface area contributed by atoms with Crippen molar-refractivity contribution in [1.29, 1.82) is 0 Å². The predicted octanol–water partition coefficient (Wildman–Crippen LogP) is 4.03. The molecule has 0 aliphatic carbocycles. The van der Waals surface area contributed by atoms with Crippen molar-refractivity contribution in [3.8, 4) is 0 Å². The zero-order chi connectivity index (χ0) is 10.8. The maximum absolute atomic E-state index is 5.46. The molecule has 1 aromatic rings. The second-order valence-corrected chi connectivity index (χ2v) is 4.93. The molecule has 0 amide bonds. The van der Waals surface area contributed by atoms with Crippen LogP contribution in [-0.4, -0.2) is 12.8 Å². The Kier molecular flexibility index (Phi) is 7.51. The summed E-state index contributed by atoms with van der Waals surface area (Å²) in [5.74, 6) is 0. The maximum Gasteiger partial charge on any atom is 0.0505 e. The molecule has 1 aromatic carbocycles. The van der Waals surface area contributed by atoms with Gasteiger partial charge in [-0.3, -0.25) is 0 Å². The molecule has 1 rings (SSSR count). The van der Waals surface area contributed by atoms with Gasteiger partial charge in [-0.2, -0.15) is 0 Å². The van der Waals surface area contributed by atoms with Gasteiger partial charge in [0.1, 0.15) is 0 Å². The normalized spacial score (nSPS) is 11.3. The summed E-state index contributed by atoms with van der Waals surface area (Å²) >= 11 is 0. The summed E-state index contributed by atoms with van der Waals surface area (Å²) in [6, 6.07) is 10.7. The smallest absolute Gasteiger partial charge is 0.0505 e. The lowest BCUT2D eigenvalue weighted by atomic mass is 10.1. The molecule has 2 heteroatoms. The highest BCUT2D eigenvalue weighted by atomic mass is 31.1. The first-order valence-electron chi connectivity index (χ1n) is 5.82. The first-order chi connectivity index (χ1) is 7.43. The molecule has 0 spiro atoms. The van der Waals surface area contributed by atoms with Crippen molar-refractivity contribution in [3.63, 3.8) is 0 Å². The van der Waals surface area contributed by atoms with Crippen LogP contribution in [0.5, 0.6) is 0 Å². The Bertz CT molecular complexity index is 236. The lowest BCUT2D eigenvalue weighted by Gasteiger charge is -2.02. The van der Waals surface area contributed by atoms with Crippen LogP contribution in [0.25, 0.3) is 0 Å². The van der Waals surface area contributed by atoms with E-state index < -0.39 is 0 Å². The molecular formula is C13H21OP. The molecule has 0 heterocycles. The van der Waals surface area contributed by atoms with Crippen LogP contribution in [0.1, 0.15) is 31.7 Å². The summed E-state index contributed by atoms with van der Waals surface area (Å²) in [5, 5.41) is 0. The molecular weight excluding hydrogens is 203 g/mol. The van der Waals surface area contributed by atoms with Gasteiger partial charge in [0.2, 0.25) is 0 Å². The second-order valence-electron chi connectivity index (χ2n) is 3.64. The quantitative estimate of drug-likeness (QED) is 0.478. The Morgan fingerprint density at radius 3 is 2.60 bits per heavy atom. The molecule has 1 atom stereocenters. The highest BCUT2D eigenvalue weighted by Gasteiger charge is 1.92. The van der Waals surface area contributed by atoms with E-state index in [0.717, 1.165) is 12.8 Å². The minimum atomic E-state index is 0.700. The number of hydrogen-bond acceptors (Lipinski definition) is 1. The van der Waals surface area contributed by atoms with Crippen LogP contribution in [0.4, 0.5) is 0 Å². The van der Waals surface area contributed by atoms with Gasteiger partial charge in [0, 0.05) is 8.81 Å². The van der Waals surface area contributed by atoms with E-state index >= 15 is 0 Å². The molecule has 0 aliphatic rings. The van der Waals surface area contributed by atoms with E-state index in [1.54, 1.807) is 0 Å². The molecule has 0 radical (unpaired) electrons. The van der Waals surface area contributed by atoms with Gasteiger partial charge in [0.25, 0.3) is 0 Å². The highest BCUT2D eigenvalue weighted by molar-refractivity contribution is 7.32. The fourth-order valence-corrected chi connectivity index (χ4v) is 1.99. The van der Waals surface area contributed by atoms with Gasteiger partial charge in [-0.25, -0.2) is 0 Å². The highest BCUT2D eigenvalue weighted by Crippen LogP contribution is 2.12. The van der Waals surface area contributed by atoms with E-state index in [4.69, 9.17) is 4.52 Å². The van der Waals surface area contributed by atoms with Crippen molar-refractivity contribution in [2.45, 2.75) is 32.6 Å². The Hall–Kier alpha value is -0.390. The average molecular weight is 224 g/mol. The van der Waals surface area contributed by atoms with Gasteiger partial charge < -0.3 is 4.52 Å². The summed E-state index contributed by atoms with van der Waals surface area (Å²) in [5.41, 5.74) is 1.45. The predicted molar refractivity (Wildman–Crippen MR) is 68.8 cm³/mol. The van der Waals surface area contributed by atoms with Crippen LogP contribution in [0.3, 0.4) is 0 Å². The van der Waals surface area contributed by atoms with Gasteiger partial charge in [0.05, 0.1) is 6.61 Å². The van der Waals surface area contributed by atoms with Crippen LogP contribution >= 0.6 is 8.81 Å². The van der Waals surface area contributed by atoms with Crippen LogP contribution in [0.15, 0.2) is 30.3 Å². The third kappa shape index (κ3) is 6.65. The molecule has 84 valence electrons. The third-order valence-corrected chi connectivity index (χ3v) is 3.00. The largest absolute Gasteiger partial charge is 0.362 e. The maximum atomic E-state index is 5.46. The van der Waals surface area contributed by atoms with Crippen molar-refractivity contribution in [1.82, 2.24) is 0 Å². The number of rotatable bonds is 8. The first kappa shape index (κ1) is 12.7. The molecule has 0 bridgehead atoms. The number of benzene rings is 1. The first-order valence-corrected chi connectivity index (χ1v) is 6.93. The molecule has 1 unspecified atom stereocenters. The monoisotopic (exact) mass is 224 g/mol. The van der Waals surface area contributed by atoms with Crippen LogP contribution < -0.4 is 0 Å². The summed E-state index contributed by atoms with van der Waals surface area (Å²) < 4.78 is 5.46. The fourth-order valence-electron chi connectivity index (χ4n) is 1.50. The molecule has 0 N–H and O–H groups in total. The molecule has 1 nitrogen and oxygen atoms in total. The van der Waals surface area contributed by atoms with E-state index in [1.165, 1.54) is 31.2 Å². The summed E-state index contributed by atoms with van der Waals surface area (Å²) in [4.78, 5) is 0. The molecule has 0 aliphatic heterocycles. The van der Waals surface area contributed by atoms with Gasteiger partial charge in [-0.15, -0.1) is 0 Å². The van der Waals surface area contributed by atoms with Crippen molar-refractivity contribution < 1.29 is 4.52 Å². The lowest BCUT2D eigenvalue weighted by molar-refractivity contribution is 0.346. The van der Waals surface area contributed by atoms with Gasteiger partial charge in [0.15, 0.2) is 0 Å². The Labute approximate surface area is 95.1 Å². The van der Waals surface area contributed by atoms with Crippen LogP contribution in [0.2, 0.25) is 0 Å². The SMILES string of the molecule is CCPOCCCCCc1ccccc1. The average Bonchev–Trinajstić information content (AvgIpc) is 2.29. The summed E-state index contributed by atoms with van der Waals surface area (Å²) in [6.45, 7) is 3.11. The molecule has 0 saturated heterocycles. The van der Waals surface area contributed by atoms with E-state index in [-0.39, 0.29) is 0 Å². The van der Waals surface area contributed by atoms with Gasteiger partial charge in [-0.1, -0.05) is 43.7 Å². The van der Waals surface area contributed by atoms with Crippen LogP contribution in [0, 0.1) is 0 Å². The van der Waals surface area contributed by atoms with Crippen LogP contribution in [-0.2, 0) is 10.9 Å². The van der Waals surface area contributed by atoms with Gasteiger partial charge >= 0.3 is 0 Å². The van der Waals surface area contributed by atoms with E-state index in [0.29, 0.717) is 8.81 Å². The fraction of sp³-hybridized carbons (Fsp3) is 0.538. The van der Waals surface area contributed by atoms with Crippen molar-refractivity contribution in [2.75, 3.05) is 12.8 Å². The number of hydrogen-bond donors (Lipinski definition) is 0. The standard InChI is InChI=1S/C13H21OP/c1-2-15-14-12-8-4-7-11-13-9-5-3-6-10-13/h3,5-6,9-10,15H,2,4,7-8,11-12H2,1H3. The Balaban J connectivity index is 1.93. The second kappa shape index (κ2) is 8.88. The Morgan fingerprint density at radius 2 is 1.87 bits per heavy atom. The lowest BCUT2D eigenvalue weighted by Crippen LogP contribution is -1.89. The van der Waals surface area contributed by atoms with E-state index in [2.05, 4.69) is 37.3 Å². The van der Waals surface area contributed by atoms with E-state index in [1.807, 2.05) is 0 Å². The summed E-state index contributed by atoms with van der Waals surface area (Å²) in [6.07, 6.45) is 6.13. The van der Waals surface area contributed by atoms with E-state index in [9.17, 15) is 0 Å². The zero-order valence-corrected chi connectivity index (χ0v) is 10.5. The third-order valence-electron chi connectivity index (χ3n) is 2.30. The number of unbranched alkanes of at least 4 members (excludes halogenated alkanes) is 2.